The van der Waals surface area contributed by atoms with Crippen LogP contribution in [0, 0.1) is 5.82 Å². The minimum atomic E-state index is -0.746. The van der Waals surface area contributed by atoms with Gasteiger partial charge in [0, 0.05) is 6.04 Å². The number of primary amides is 1. The van der Waals surface area contributed by atoms with Crippen molar-refractivity contribution in [3.8, 4) is 11.1 Å². The van der Waals surface area contributed by atoms with Crippen molar-refractivity contribution in [2.75, 3.05) is 6.54 Å². The molecule has 1 atom stereocenters. The van der Waals surface area contributed by atoms with Crippen LogP contribution in [0.25, 0.3) is 11.1 Å². The van der Waals surface area contributed by atoms with E-state index >= 15 is 0 Å². The number of hydrogen-bond acceptors (Lipinski definition) is 2. The fourth-order valence-electron chi connectivity index (χ4n) is 2.88. The molecular weight excluding hydrogens is 267 g/mol. The third-order valence-corrected chi connectivity index (χ3v) is 3.94. The molecule has 2 aromatic rings. The Labute approximate surface area is 123 Å². The lowest BCUT2D eigenvalue weighted by molar-refractivity contribution is 0.0997. The van der Waals surface area contributed by atoms with Gasteiger partial charge in [-0.25, -0.2) is 4.39 Å². The number of halogens is 1. The van der Waals surface area contributed by atoms with Crippen molar-refractivity contribution in [1.82, 2.24) is 5.32 Å². The predicted octanol–water partition coefficient (Wildman–Crippen LogP) is 3.02. The van der Waals surface area contributed by atoms with E-state index in [-0.39, 0.29) is 5.56 Å². The van der Waals surface area contributed by atoms with Gasteiger partial charge in [-0.05, 0) is 42.1 Å². The van der Waals surface area contributed by atoms with Crippen LogP contribution in [0.15, 0.2) is 42.5 Å². The first-order valence-electron chi connectivity index (χ1n) is 7.09. The van der Waals surface area contributed by atoms with Crippen LogP contribution in [0.2, 0.25) is 0 Å². The first-order chi connectivity index (χ1) is 10.2. The number of nitrogens with one attached hydrogen (secondary N) is 1. The van der Waals surface area contributed by atoms with Crippen molar-refractivity contribution in [2.45, 2.75) is 18.9 Å². The first-order valence-corrected chi connectivity index (χ1v) is 7.09. The summed E-state index contributed by atoms with van der Waals surface area (Å²) in [6, 6.07) is 12.8. The van der Waals surface area contributed by atoms with Gasteiger partial charge in [0.05, 0.1) is 5.56 Å². The molecule has 0 radical (unpaired) electrons. The van der Waals surface area contributed by atoms with Crippen molar-refractivity contribution >= 4 is 5.91 Å². The molecule has 3 N–H and O–H groups in total. The molecule has 1 aliphatic heterocycles. The Morgan fingerprint density at radius 3 is 2.57 bits per heavy atom. The molecule has 3 rings (SSSR count). The van der Waals surface area contributed by atoms with Crippen LogP contribution in [0.3, 0.4) is 0 Å². The Kier molecular flexibility index (Phi) is 3.71. The van der Waals surface area contributed by atoms with Gasteiger partial charge in [-0.2, -0.15) is 0 Å². The van der Waals surface area contributed by atoms with Crippen LogP contribution in [0.1, 0.15) is 34.8 Å². The topological polar surface area (TPSA) is 55.1 Å². The van der Waals surface area contributed by atoms with Gasteiger partial charge >= 0.3 is 0 Å². The van der Waals surface area contributed by atoms with Crippen molar-refractivity contribution in [3.63, 3.8) is 0 Å². The molecular formula is C17H17FN2O. The molecule has 1 aliphatic rings. The fourth-order valence-corrected chi connectivity index (χ4v) is 2.88. The summed E-state index contributed by atoms with van der Waals surface area (Å²) in [5.74, 6) is -1.33. The van der Waals surface area contributed by atoms with E-state index in [1.807, 2.05) is 24.3 Å². The minimum absolute atomic E-state index is 0.0516. The second kappa shape index (κ2) is 5.66. The highest BCUT2D eigenvalue weighted by Gasteiger charge is 2.18. The van der Waals surface area contributed by atoms with Gasteiger partial charge in [-0.1, -0.05) is 36.4 Å². The first kappa shape index (κ1) is 13.8. The van der Waals surface area contributed by atoms with E-state index in [1.165, 1.54) is 18.1 Å². The molecule has 1 fully saturated rings. The van der Waals surface area contributed by atoms with E-state index in [2.05, 4.69) is 5.32 Å². The maximum Gasteiger partial charge on any atom is 0.252 e. The van der Waals surface area contributed by atoms with Gasteiger partial charge in [0.2, 0.25) is 0 Å². The van der Waals surface area contributed by atoms with E-state index in [4.69, 9.17) is 5.73 Å². The van der Waals surface area contributed by atoms with E-state index in [0.29, 0.717) is 11.6 Å². The number of amides is 1. The van der Waals surface area contributed by atoms with Gasteiger partial charge in [-0.15, -0.1) is 0 Å². The summed E-state index contributed by atoms with van der Waals surface area (Å²) in [4.78, 5) is 11.5. The number of carbonyl (C=O) groups is 1. The number of benzene rings is 2. The third kappa shape index (κ3) is 2.67. The van der Waals surface area contributed by atoms with Crippen LogP contribution in [-0.2, 0) is 0 Å². The highest BCUT2D eigenvalue weighted by Crippen LogP contribution is 2.29. The molecule has 0 aliphatic carbocycles. The maximum atomic E-state index is 13.8. The van der Waals surface area contributed by atoms with Gasteiger partial charge in [0.25, 0.3) is 5.91 Å². The highest BCUT2D eigenvalue weighted by molar-refractivity contribution is 6.00. The Morgan fingerprint density at radius 2 is 1.95 bits per heavy atom. The van der Waals surface area contributed by atoms with Crippen LogP contribution in [0.5, 0.6) is 0 Å². The van der Waals surface area contributed by atoms with Gasteiger partial charge in [0.15, 0.2) is 0 Å². The normalized spacial score (nSPS) is 17.9. The van der Waals surface area contributed by atoms with Crippen LogP contribution in [0.4, 0.5) is 4.39 Å². The van der Waals surface area contributed by atoms with E-state index in [0.717, 1.165) is 18.5 Å². The standard InChI is InChI=1S/C17H17FN2O/c18-14-4-1-3-13(16(14)17(19)21)11-6-8-12(9-7-11)15-5-2-10-20-15/h1,3-4,6-9,15,20H,2,5,10H2,(H2,19,21). The van der Waals surface area contributed by atoms with E-state index < -0.39 is 11.7 Å². The Morgan fingerprint density at radius 1 is 1.19 bits per heavy atom. The number of nitrogens with two attached hydrogens (primary N) is 1. The average Bonchev–Trinajstić information content (AvgIpc) is 3.01. The average molecular weight is 284 g/mol. The summed E-state index contributed by atoms with van der Waals surface area (Å²) in [6.07, 6.45) is 2.31. The molecule has 1 saturated heterocycles. The molecule has 0 spiro atoms. The number of carbonyl (C=O) groups excluding carboxylic acids is 1. The van der Waals surface area contributed by atoms with Crippen molar-refractivity contribution in [3.05, 3.63) is 59.4 Å². The smallest absolute Gasteiger partial charge is 0.252 e. The lowest BCUT2D eigenvalue weighted by atomic mass is 9.96. The van der Waals surface area contributed by atoms with Gasteiger partial charge in [-0.3, -0.25) is 4.79 Å². The molecule has 0 aromatic heterocycles. The molecule has 0 bridgehead atoms. The van der Waals surface area contributed by atoms with Gasteiger partial charge in [0.1, 0.15) is 5.82 Å². The molecule has 0 saturated carbocycles. The summed E-state index contributed by atoms with van der Waals surface area (Å²) < 4.78 is 13.8. The molecule has 1 heterocycles. The lowest BCUT2D eigenvalue weighted by Gasteiger charge is -2.12. The zero-order valence-electron chi connectivity index (χ0n) is 11.6. The second-order valence-corrected chi connectivity index (χ2v) is 5.30. The van der Waals surface area contributed by atoms with Crippen molar-refractivity contribution < 1.29 is 9.18 Å². The molecule has 3 nitrogen and oxygen atoms in total. The minimum Gasteiger partial charge on any atom is -0.365 e. The summed E-state index contributed by atoms with van der Waals surface area (Å²) in [7, 11) is 0. The highest BCUT2D eigenvalue weighted by atomic mass is 19.1. The quantitative estimate of drug-likeness (QED) is 0.910. The van der Waals surface area contributed by atoms with Gasteiger partial charge < -0.3 is 11.1 Å². The maximum absolute atomic E-state index is 13.8. The van der Waals surface area contributed by atoms with Crippen molar-refractivity contribution in [1.29, 1.82) is 0 Å². The zero-order valence-corrected chi connectivity index (χ0v) is 11.6. The largest absolute Gasteiger partial charge is 0.365 e. The SMILES string of the molecule is NC(=O)c1c(F)cccc1-c1ccc(C2CCCN2)cc1. The van der Waals surface area contributed by atoms with Crippen LogP contribution < -0.4 is 11.1 Å². The number of rotatable bonds is 3. The van der Waals surface area contributed by atoms with Crippen molar-refractivity contribution in [2.24, 2.45) is 5.73 Å². The monoisotopic (exact) mass is 284 g/mol. The molecule has 1 amide bonds. The zero-order chi connectivity index (χ0) is 14.8. The molecule has 108 valence electrons. The number of hydrogen-bond donors (Lipinski definition) is 2. The third-order valence-electron chi connectivity index (χ3n) is 3.94. The molecule has 2 aromatic carbocycles. The second-order valence-electron chi connectivity index (χ2n) is 5.30. The molecule has 4 heteroatoms. The summed E-state index contributed by atoms with van der Waals surface area (Å²) in [5.41, 5.74) is 7.79. The Balaban J connectivity index is 1.97. The van der Waals surface area contributed by atoms with Crippen LogP contribution >= 0.6 is 0 Å². The Bertz CT molecular complexity index is 661. The molecule has 1 unspecified atom stereocenters. The molecule has 21 heavy (non-hydrogen) atoms. The fraction of sp³-hybridized carbons (Fsp3) is 0.235. The summed E-state index contributed by atoms with van der Waals surface area (Å²) in [6.45, 7) is 1.04. The van der Waals surface area contributed by atoms with E-state index in [1.54, 1.807) is 12.1 Å². The van der Waals surface area contributed by atoms with Crippen LogP contribution in [-0.4, -0.2) is 12.5 Å². The van der Waals surface area contributed by atoms with E-state index in [9.17, 15) is 9.18 Å². The predicted molar refractivity (Wildman–Crippen MR) is 80.3 cm³/mol. The lowest BCUT2D eigenvalue weighted by Crippen LogP contribution is -2.15. The summed E-state index contributed by atoms with van der Waals surface area (Å²) >= 11 is 0. The Hall–Kier alpha value is -2.20. The summed E-state index contributed by atoms with van der Waals surface area (Å²) in [5, 5.41) is 3.44.